The van der Waals surface area contributed by atoms with Gasteiger partial charge in [-0.05, 0) is 49.2 Å². The molecule has 0 aliphatic heterocycles. The van der Waals surface area contributed by atoms with Crippen LogP contribution in [-0.4, -0.2) is 17.6 Å². The normalized spacial score (nSPS) is 11.1. The van der Waals surface area contributed by atoms with Gasteiger partial charge in [0, 0.05) is 5.56 Å². The van der Waals surface area contributed by atoms with Gasteiger partial charge >= 0.3 is 5.97 Å². The highest BCUT2D eigenvalue weighted by Crippen LogP contribution is 2.30. The van der Waals surface area contributed by atoms with Crippen molar-refractivity contribution in [3.63, 3.8) is 0 Å². The maximum Gasteiger partial charge on any atom is 0.335 e. The molecule has 0 aliphatic carbocycles. The van der Waals surface area contributed by atoms with Crippen LogP contribution in [0.4, 0.5) is 0 Å². The van der Waals surface area contributed by atoms with Gasteiger partial charge in [-0.3, -0.25) is 0 Å². The molecule has 22 heavy (non-hydrogen) atoms. The van der Waals surface area contributed by atoms with E-state index in [0.717, 1.165) is 18.7 Å². The zero-order valence-corrected chi connectivity index (χ0v) is 13.5. The Morgan fingerprint density at radius 1 is 1.32 bits per heavy atom. The van der Waals surface area contributed by atoms with E-state index in [4.69, 9.17) is 21.1 Å². The minimum absolute atomic E-state index is 0.187. The van der Waals surface area contributed by atoms with E-state index < -0.39 is 5.97 Å². The van der Waals surface area contributed by atoms with Gasteiger partial charge in [0.25, 0.3) is 0 Å². The highest BCUT2D eigenvalue weighted by atomic mass is 35.5. The lowest BCUT2D eigenvalue weighted by molar-refractivity contribution is 0.0697. The van der Waals surface area contributed by atoms with Crippen LogP contribution in [0.25, 0.3) is 11.3 Å². The van der Waals surface area contributed by atoms with Gasteiger partial charge in [-0.25, -0.2) is 4.79 Å². The van der Waals surface area contributed by atoms with Gasteiger partial charge in [-0.15, -0.1) is 0 Å². The van der Waals surface area contributed by atoms with Crippen molar-refractivity contribution in [1.29, 1.82) is 0 Å². The van der Waals surface area contributed by atoms with Gasteiger partial charge in [-0.2, -0.15) is 0 Å². The second-order valence-electron chi connectivity index (χ2n) is 5.63. The third-order valence-electron chi connectivity index (χ3n) is 3.34. The van der Waals surface area contributed by atoms with Crippen molar-refractivity contribution in [2.75, 3.05) is 6.54 Å². The van der Waals surface area contributed by atoms with E-state index in [2.05, 4.69) is 19.2 Å². The molecular weight excluding hydrogens is 302 g/mol. The summed E-state index contributed by atoms with van der Waals surface area (Å²) in [4.78, 5) is 11.0. The van der Waals surface area contributed by atoms with E-state index >= 15 is 0 Å². The summed E-state index contributed by atoms with van der Waals surface area (Å²) >= 11 is 6.14. The third-order valence-corrected chi connectivity index (χ3v) is 3.67. The van der Waals surface area contributed by atoms with Gasteiger partial charge in [0.1, 0.15) is 11.5 Å². The number of carboxylic acid groups (broad SMARTS) is 1. The Bertz CT molecular complexity index is 649. The van der Waals surface area contributed by atoms with E-state index in [-0.39, 0.29) is 5.56 Å². The predicted octanol–water partition coefficient (Wildman–Crippen LogP) is 4.43. The van der Waals surface area contributed by atoms with Crippen LogP contribution in [0.15, 0.2) is 34.7 Å². The molecule has 0 aliphatic rings. The second-order valence-corrected chi connectivity index (χ2v) is 6.03. The molecule has 5 heteroatoms. The Morgan fingerprint density at radius 3 is 2.77 bits per heavy atom. The molecular formula is C17H20ClNO3. The summed E-state index contributed by atoms with van der Waals surface area (Å²) in [6.45, 7) is 5.94. The number of aromatic carboxylic acids is 1. The maximum absolute atomic E-state index is 11.0. The van der Waals surface area contributed by atoms with E-state index in [1.165, 1.54) is 12.1 Å². The van der Waals surface area contributed by atoms with Crippen molar-refractivity contribution in [3.05, 3.63) is 46.7 Å². The minimum atomic E-state index is -0.986. The SMILES string of the molecule is CC(C)CCNCc1ccc(-c2cc(C(=O)O)ccc2Cl)o1. The second kappa shape index (κ2) is 7.47. The zero-order valence-electron chi connectivity index (χ0n) is 12.7. The summed E-state index contributed by atoms with van der Waals surface area (Å²) < 4.78 is 5.75. The number of nitrogens with one attached hydrogen (secondary N) is 1. The third kappa shape index (κ3) is 4.36. The maximum atomic E-state index is 11.0. The van der Waals surface area contributed by atoms with Crippen molar-refractivity contribution in [1.82, 2.24) is 5.32 Å². The van der Waals surface area contributed by atoms with Crippen LogP contribution in [0.5, 0.6) is 0 Å². The van der Waals surface area contributed by atoms with Crippen molar-refractivity contribution in [2.24, 2.45) is 5.92 Å². The lowest BCUT2D eigenvalue weighted by Crippen LogP contribution is -2.15. The molecule has 0 fully saturated rings. The molecule has 1 heterocycles. The molecule has 2 rings (SSSR count). The van der Waals surface area contributed by atoms with Gasteiger partial charge < -0.3 is 14.8 Å². The van der Waals surface area contributed by atoms with Crippen LogP contribution < -0.4 is 5.32 Å². The summed E-state index contributed by atoms with van der Waals surface area (Å²) in [5.74, 6) is 1.06. The molecule has 1 aromatic carbocycles. The number of hydrogen-bond donors (Lipinski definition) is 2. The Labute approximate surface area is 135 Å². The summed E-state index contributed by atoms with van der Waals surface area (Å²) in [6, 6.07) is 8.27. The van der Waals surface area contributed by atoms with Crippen molar-refractivity contribution >= 4 is 17.6 Å². The fourth-order valence-electron chi connectivity index (χ4n) is 2.07. The molecule has 0 saturated carbocycles. The van der Waals surface area contributed by atoms with Crippen LogP contribution in [0, 0.1) is 5.92 Å². The monoisotopic (exact) mass is 321 g/mol. The number of carbonyl (C=O) groups is 1. The van der Waals surface area contributed by atoms with Crippen molar-refractivity contribution in [2.45, 2.75) is 26.8 Å². The fourth-order valence-corrected chi connectivity index (χ4v) is 2.28. The zero-order chi connectivity index (χ0) is 16.1. The molecule has 0 bridgehead atoms. The first-order chi connectivity index (χ1) is 10.5. The van der Waals surface area contributed by atoms with Crippen LogP contribution >= 0.6 is 11.6 Å². The first-order valence-electron chi connectivity index (χ1n) is 7.30. The molecule has 2 aromatic rings. The van der Waals surface area contributed by atoms with E-state index in [9.17, 15) is 4.79 Å². The number of halogens is 1. The van der Waals surface area contributed by atoms with Crippen LogP contribution in [0.2, 0.25) is 5.02 Å². The minimum Gasteiger partial charge on any atom is -0.478 e. The Morgan fingerprint density at radius 2 is 2.09 bits per heavy atom. The lowest BCUT2D eigenvalue weighted by Gasteiger charge is -2.05. The predicted molar refractivity (Wildman–Crippen MR) is 87.3 cm³/mol. The summed E-state index contributed by atoms with van der Waals surface area (Å²) in [5.41, 5.74) is 0.780. The average molecular weight is 322 g/mol. The molecule has 118 valence electrons. The first-order valence-corrected chi connectivity index (χ1v) is 7.68. The molecule has 0 saturated heterocycles. The van der Waals surface area contributed by atoms with E-state index in [0.29, 0.717) is 28.8 Å². The Kier molecular flexibility index (Phi) is 5.63. The number of rotatable bonds is 7. The Hall–Kier alpha value is -1.78. The Balaban J connectivity index is 2.08. The number of hydrogen-bond acceptors (Lipinski definition) is 3. The van der Waals surface area contributed by atoms with Crippen LogP contribution in [-0.2, 0) is 6.54 Å². The van der Waals surface area contributed by atoms with Crippen molar-refractivity contribution in [3.8, 4) is 11.3 Å². The number of benzene rings is 1. The summed E-state index contributed by atoms with van der Waals surface area (Å²) in [5, 5.41) is 12.8. The quantitative estimate of drug-likeness (QED) is 0.740. The topological polar surface area (TPSA) is 62.5 Å². The average Bonchev–Trinajstić information content (AvgIpc) is 2.92. The molecule has 1 aromatic heterocycles. The van der Waals surface area contributed by atoms with Gasteiger partial charge in [0.05, 0.1) is 17.1 Å². The van der Waals surface area contributed by atoms with Crippen LogP contribution in [0.3, 0.4) is 0 Å². The highest BCUT2D eigenvalue weighted by molar-refractivity contribution is 6.33. The smallest absolute Gasteiger partial charge is 0.335 e. The molecule has 4 nitrogen and oxygen atoms in total. The van der Waals surface area contributed by atoms with Gasteiger partial charge in [0.2, 0.25) is 0 Å². The first kappa shape index (κ1) is 16.6. The summed E-state index contributed by atoms with van der Waals surface area (Å²) in [6.07, 6.45) is 1.11. The largest absolute Gasteiger partial charge is 0.478 e. The molecule has 0 unspecified atom stereocenters. The van der Waals surface area contributed by atoms with Crippen LogP contribution in [0.1, 0.15) is 36.4 Å². The van der Waals surface area contributed by atoms with E-state index in [1.807, 2.05) is 12.1 Å². The van der Waals surface area contributed by atoms with E-state index in [1.54, 1.807) is 6.07 Å². The van der Waals surface area contributed by atoms with Crippen molar-refractivity contribution < 1.29 is 14.3 Å². The molecule has 0 amide bonds. The summed E-state index contributed by atoms with van der Waals surface area (Å²) in [7, 11) is 0. The number of carboxylic acids is 1. The lowest BCUT2D eigenvalue weighted by atomic mass is 10.1. The van der Waals surface area contributed by atoms with Gasteiger partial charge in [-0.1, -0.05) is 25.4 Å². The highest BCUT2D eigenvalue weighted by Gasteiger charge is 2.12. The fraction of sp³-hybridized carbons (Fsp3) is 0.353. The molecule has 0 spiro atoms. The molecule has 2 N–H and O–H groups in total. The molecule has 0 radical (unpaired) electrons. The standard InChI is InChI=1S/C17H20ClNO3/c1-11(2)7-8-19-10-13-4-6-16(22-13)14-9-12(17(20)21)3-5-15(14)18/h3-6,9,11,19H,7-8,10H2,1-2H3,(H,20,21). The van der Waals surface area contributed by atoms with Gasteiger partial charge in [0.15, 0.2) is 0 Å². The number of furan rings is 1. The molecule has 0 atom stereocenters.